The van der Waals surface area contributed by atoms with Crippen LogP contribution in [0.4, 0.5) is 0 Å². The summed E-state index contributed by atoms with van der Waals surface area (Å²) in [6.45, 7) is 5.59. The highest BCUT2D eigenvalue weighted by Crippen LogP contribution is 2.09. The third-order valence-electron chi connectivity index (χ3n) is 2.12. The fourth-order valence-electron chi connectivity index (χ4n) is 1.22. The maximum atomic E-state index is 11.6. The van der Waals surface area contributed by atoms with Crippen LogP contribution in [-0.4, -0.2) is 11.6 Å². The molecular formula is C12H20O2. The highest BCUT2D eigenvalue weighted by atomic mass is 16.1. The summed E-state index contributed by atoms with van der Waals surface area (Å²) in [6.07, 6.45) is 5.54. The van der Waals surface area contributed by atoms with E-state index >= 15 is 0 Å². The second-order valence-corrected chi connectivity index (χ2v) is 3.50. The van der Waals surface area contributed by atoms with E-state index in [1.807, 2.05) is 13.0 Å². The minimum absolute atomic E-state index is 0.0873. The van der Waals surface area contributed by atoms with E-state index in [1.165, 1.54) is 6.92 Å². The number of carbonyl (C=O) groups excluding carboxylic acids is 2. The Morgan fingerprint density at radius 1 is 1.14 bits per heavy atom. The van der Waals surface area contributed by atoms with Gasteiger partial charge in [-0.3, -0.25) is 4.79 Å². The lowest BCUT2D eigenvalue weighted by Crippen LogP contribution is -2.04. The quantitative estimate of drug-likeness (QED) is 0.586. The SMILES string of the molecule is CCCC=C(CC)C(=O)CCC(C)=O. The number of Topliss-reactive ketones (excluding diaryl/α,β-unsaturated/α-hetero) is 2. The molecule has 0 heterocycles. The summed E-state index contributed by atoms with van der Waals surface area (Å²) in [7, 11) is 0. The average molecular weight is 196 g/mol. The van der Waals surface area contributed by atoms with Gasteiger partial charge >= 0.3 is 0 Å². The second-order valence-electron chi connectivity index (χ2n) is 3.50. The van der Waals surface area contributed by atoms with Gasteiger partial charge in [0.05, 0.1) is 0 Å². The molecule has 80 valence electrons. The molecule has 14 heavy (non-hydrogen) atoms. The topological polar surface area (TPSA) is 34.1 Å². The Morgan fingerprint density at radius 2 is 1.79 bits per heavy atom. The van der Waals surface area contributed by atoms with Gasteiger partial charge in [-0.1, -0.05) is 26.3 Å². The summed E-state index contributed by atoms with van der Waals surface area (Å²) in [5, 5.41) is 0. The molecule has 0 N–H and O–H groups in total. The summed E-state index contributed by atoms with van der Waals surface area (Å²) < 4.78 is 0. The van der Waals surface area contributed by atoms with Gasteiger partial charge in [-0.15, -0.1) is 0 Å². The van der Waals surface area contributed by atoms with Crippen LogP contribution in [0.5, 0.6) is 0 Å². The number of carbonyl (C=O) groups is 2. The van der Waals surface area contributed by atoms with Crippen molar-refractivity contribution in [1.82, 2.24) is 0 Å². The number of unbranched alkanes of at least 4 members (excludes halogenated alkanes) is 1. The van der Waals surface area contributed by atoms with Crippen molar-refractivity contribution in [3.63, 3.8) is 0 Å². The second kappa shape index (κ2) is 7.48. The number of hydrogen-bond donors (Lipinski definition) is 0. The molecule has 0 aliphatic heterocycles. The fourth-order valence-corrected chi connectivity index (χ4v) is 1.22. The van der Waals surface area contributed by atoms with Gasteiger partial charge in [0, 0.05) is 12.8 Å². The fraction of sp³-hybridized carbons (Fsp3) is 0.667. The first kappa shape index (κ1) is 13.1. The van der Waals surface area contributed by atoms with Gasteiger partial charge in [-0.25, -0.2) is 0 Å². The van der Waals surface area contributed by atoms with E-state index in [2.05, 4.69) is 6.92 Å². The van der Waals surface area contributed by atoms with Gasteiger partial charge in [-0.2, -0.15) is 0 Å². The monoisotopic (exact) mass is 196 g/mol. The number of allylic oxidation sites excluding steroid dienone is 2. The third-order valence-corrected chi connectivity index (χ3v) is 2.12. The van der Waals surface area contributed by atoms with Crippen molar-refractivity contribution in [2.24, 2.45) is 0 Å². The summed E-state index contributed by atoms with van der Waals surface area (Å²) in [4.78, 5) is 22.3. The Labute approximate surface area is 86.4 Å². The Bertz CT molecular complexity index is 226. The molecule has 0 radical (unpaired) electrons. The molecule has 0 fully saturated rings. The first-order chi connectivity index (χ1) is 6.61. The van der Waals surface area contributed by atoms with Gasteiger partial charge in [-0.05, 0) is 25.3 Å². The van der Waals surface area contributed by atoms with Gasteiger partial charge < -0.3 is 4.79 Å². The summed E-state index contributed by atoms with van der Waals surface area (Å²) >= 11 is 0. The summed E-state index contributed by atoms with van der Waals surface area (Å²) in [6, 6.07) is 0. The molecule has 0 spiro atoms. The van der Waals surface area contributed by atoms with E-state index in [9.17, 15) is 9.59 Å². The zero-order valence-corrected chi connectivity index (χ0v) is 9.43. The molecule has 0 aliphatic carbocycles. The summed E-state index contributed by atoms with van der Waals surface area (Å²) in [5.74, 6) is 0.223. The highest BCUT2D eigenvalue weighted by Gasteiger charge is 2.07. The van der Waals surface area contributed by atoms with Crippen LogP contribution in [0.25, 0.3) is 0 Å². The van der Waals surface area contributed by atoms with Crippen LogP contribution >= 0.6 is 0 Å². The van der Waals surface area contributed by atoms with Gasteiger partial charge in [0.1, 0.15) is 5.78 Å². The standard InChI is InChI=1S/C12H20O2/c1-4-6-7-11(5-2)12(14)9-8-10(3)13/h7H,4-6,8-9H2,1-3H3. The van der Waals surface area contributed by atoms with E-state index in [0.29, 0.717) is 12.8 Å². The largest absolute Gasteiger partial charge is 0.300 e. The molecule has 2 heteroatoms. The normalized spacial score (nSPS) is 11.5. The van der Waals surface area contributed by atoms with Crippen molar-refractivity contribution in [2.75, 3.05) is 0 Å². The molecule has 0 aromatic heterocycles. The summed E-state index contributed by atoms with van der Waals surface area (Å²) in [5.41, 5.74) is 0.883. The van der Waals surface area contributed by atoms with Crippen LogP contribution in [0.3, 0.4) is 0 Å². The van der Waals surface area contributed by atoms with Crippen LogP contribution in [0.1, 0.15) is 52.9 Å². The van der Waals surface area contributed by atoms with E-state index in [1.54, 1.807) is 0 Å². The lowest BCUT2D eigenvalue weighted by molar-refractivity contribution is -0.121. The Hall–Kier alpha value is -0.920. The smallest absolute Gasteiger partial charge is 0.158 e. The Kier molecular flexibility index (Phi) is 6.99. The van der Waals surface area contributed by atoms with E-state index in [0.717, 1.165) is 24.8 Å². The molecule has 2 nitrogen and oxygen atoms in total. The first-order valence-corrected chi connectivity index (χ1v) is 5.33. The molecule has 0 atom stereocenters. The zero-order valence-electron chi connectivity index (χ0n) is 9.43. The maximum Gasteiger partial charge on any atom is 0.158 e. The molecule has 0 bridgehead atoms. The Morgan fingerprint density at radius 3 is 2.21 bits per heavy atom. The van der Waals surface area contributed by atoms with E-state index < -0.39 is 0 Å². The van der Waals surface area contributed by atoms with Crippen molar-refractivity contribution in [3.8, 4) is 0 Å². The van der Waals surface area contributed by atoms with Gasteiger partial charge in [0.2, 0.25) is 0 Å². The minimum Gasteiger partial charge on any atom is -0.300 e. The van der Waals surface area contributed by atoms with E-state index in [4.69, 9.17) is 0 Å². The highest BCUT2D eigenvalue weighted by molar-refractivity contribution is 5.97. The predicted octanol–water partition coefficient (Wildman–Crippen LogP) is 3.06. The molecule has 0 saturated carbocycles. The maximum absolute atomic E-state index is 11.6. The van der Waals surface area contributed by atoms with Crippen molar-refractivity contribution in [1.29, 1.82) is 0 Å². The average Bonchev–Trinajstić information content (AvgIpc) is 2.16. The molecule has 0 unspecified atom stereocenters. The molecule has 0 aromatic rings. The number of rotatable bonds is 7. The molecule has 0 aliphatic rings. The van der Waals surface area contributed by atoms with Crippen LogP contribution in [0, 0.1) is 0 Å². The van der Waals surface area contributed by atoms with Crippen molar-refractivity contribution in [2.45, 2.75) is 52.9 Å². The minimum atomic E-state index is 0.0873. The Balaban J connectivity index is 4.10. The molecule has 0 aromatic carbocycles. The lowest BCUT2D eigenvalue weighted by atomic mass is 10.0. The van der Waals surface area contributed by atoms with Crippen LogP contribution in [0.15, 0.2) is 11.6 Å². The van der Waals surface area contributed by atoms with Crippen LogP contribution in [0.2, 0.25) is 0 Å². The van der Waals surface area contributed by atoms with Crippen molar-refractivity contribution in [3.05, 3.63) is 11.6 Å². The van der Waals surface area contributed by atoms with Crippen molar-refractivity contribution >= 4 is 11.6 Å². The first-order valence-electron chi connectivity index (χ1n) is 5.33. The molecular weight excluding hydrogens is 176 g/mol. The molecule has 0 saturated heterocycles. The lowest BCUT2D eigenvalue weighted by Gasteiger charge is -2.02. The molecule has 0 rings (SSSR count). The van der Waals surface area contributed by atoms with Crippen molar-refractivity contribution < 1.29 is 9.59 Å². The molecule has 0 amide bonds. The number of hydrogen-bond acceptors (Lipinski definition) is 2. The number of ketones is 2. The third kappa shape index (κ3) is 5.68. The van der Waals surface area contributed by atoms with Gasteiger partial charge in [0.25, 0.3) is 0 Å². The van der Waals surface area contributed by atoms with Crippen LogP contribution in [-0.2, 0) is 9.59 Å². The predicted molar refractivity (Wildman–Crippen MR) is 58.2 cm³/mol. The zero-order chi connectivity index (χ0) is 11.0. The van der Waals surface area contributed by atoms with Crippen LogP contribution < -0.4 is 0 Å². The van der Waals surface area contributed by atoms with Gasteiger partial charge in [0.15, 0.2) is 5.78 Å². The van der Waals surface area contributed by atoms with E-state index in [-0.39, 0.29) is 11.6 Å².